The smallest absolute Gasteiger partial charge is 0.211 e. The lowest BCUT2D eigenvalue weighted by molar-refractivity contribution is 0.415. The molecule has 0 spiro atoms. The van der Waals surface area contributed by atoms with Gasteiger partial charge in [-0.3, -0.25) is 0 Å². The van der Waals surface area contributed by atoms with Gasteiger partial charge in [-0.15, -0.1) is 10.2 Å². The summed E-state index contributed by atoms with van der Waals surface area (Å²) in [4.78, 5) is 0. The van der Waals surface area contributed by atoms with Gasteiger partial charge < -0.3 is 32.4 Å². The quantitative estimate of drug-likeness (QED) is 0.207. The van der Waals surface area contributed by atoms with E-state index in [1.807, 2.05) is 36.4 Å². The highest BCUT2D eigenvalue weighted by molar-refractivity contribution is 6.21. The van der Waals surface area contributed by atoms with Crippen LogP contribution >= 0.6 is 0 Å². The largest absolute Gasteiger partial charge is 0.497 e. The van der Waals surface area contributed by atoms with E-state index >= 15 is 0 Å². The van der Waals surface area contributed by atoms with Crippen molar-refractivity contribution in [3.8, 4) is 11.5 Å². The summed E-state index contributed by atoms with van der Waals surface area (Å²) in [6.45, 7) is 0. The average molecular weight is 406 g/mol. The Kier molecular flexibility index (Phi) is 5.97. The molecule has 30 heavy (non-hydrogen) atoms. The zero-order valence-corrected chi connectivity index (χ0v) is 16.5. The number of rotatable bonds is 6. The summed E-state index contributed by atoms with van der Waals surface area (Å²) in [5.41, 5.74) is 23.2. The van der Waals surface area contributed by atoms with Crippen LogP contribution in [-0.2, 0) is 0 Å². The number of methoxy groups -OCH3 is 2. The van der Waals surface area contributed by atoms with E-state index in [4.69, 9.17) is 32.4 Å². The molecule has 0 saturated carbocycles. The summed E-state index contributed by atoms with van der Waals surface area (Å²) < 4.78 is 10.8. The zero-order chi connectivity index (χ0) is 21.7. The highest BCUT2D eigenvalue weighted by Gasteiger charge is 2.14. The van der Waals surface area contributed by atoms with E-state index in [-0.39, 0.29) is 11.9 Å². The molecule has 0 unspecified atom stereocenters. The average Bonchev–Trinajstić information content (AvgIpc) is 2.73. The maximum atomic E-state index is 5.40. The summed E-state index contributed by atoms with van der Waals surface area (Å²) in [7, 11) is 3.20. The molecule has 3 aromatic carbocycles. The fraction of sp³-hybridized carbons (Fsp3) is 0.100. The molecule has 3 rings (SSSR count). The molecule has 0 amide bonds. The van der Waals surface area contributed by atoms with E-state index < -0.39 is 0 Å². The Labute approximate surface area is 172 Å². The summed E-state index contributed by atoms with van der Waals surface area (Å²) in [5, 5.41) is 18.9. The van der Waals surface area contributed by atoms with Crippen LogP contribution < -0.4 is 32.4 Å². The minimum absolute atomic E-state index is 0.139. The van der Waals surface area contributed by atoms with Crippen molar-refractivity contribution < 1.29 is 9.47 Å². The first-order valence-electron chi connectivity index (χ1n) is 8.80. The second-order valence-corrected chi connectivity index (χ2v) is 6.19. The van der Waals surface area contributed by atoms with Gasteiger partial charge >= 0.3 is 0 Å². The van der Waals surface area contributed by atoms with Crippen LogP contribution in [0.15, 0.2) is 56.8 Å². The number of hydrogen-bond acceptors (Lipinski definition) is 6. The third kappa shape index (κ3) is 4.22. The minimum atomic E-state index is -0.139. The highest BCUT2D eigenvalue weighted by atomic mass is 16.5. The fourth-order valence-electron chi connectivity index (χ4n) is 3.09. The predicted molar refractivity (Wildman–Crippen MR) is 121 cm³/mol. The molecule has 10 heteroatoms. The van der Waals surface area contributed by atoms with Crippen molar-refractivity contribution in [3.05, 3.63) is 47.5 Å². The highest BCUT2D eigenvalue weighted by Crippen LogP contribution is 2.35. The van der Waals surface area contributed by atoms with Crippen LogP contribution in [0.4, 0.5) is 0 Å². The third-order valence-corrected chi connectivity index (χ3v) is 4.33. The molecule has 8 N–H and O–H groups in total. The Hall–Kier alpha value is -4.34. The number of hydrogen-bond donors (Lipinski definition) is 4. The molecular weight excluding hydrogens is 384 g/mol. The van der Waals surface area contributed by atoms with E-state index in [9.17, 15) is 0 Å². The molecule has 0 aromatic heterocycles. The molecule has 0 atom stereocenters. The number of ether oxygens (including phenoxy) is 2. The van der Waals surface area contributed by atoms with Crippen LogP contribution in [0, 0.1) is 0 Å². The van der Waals surface area contributed by atoms with Crippen molar-refractivity contribution in [3.63, 3.8) is 0 Å². The maximum absolute atomic E-state index is 5.40. The van der Waals surface area contributed by atoms with Crippen molar-refractivity contribution in [1.82, 2.24) is 0 Å². The van der Waals surface area contributed by atoms with E-state index in [1.54, 1.807) is 26.6 Å². The molecule has 0 fully saturated rings. The third-order valence-electron chi connectivity index (χ3n) is 4.33. The number of guanidine groups is 2. The van der Waals surface area contributed by atoms with Crippen molar-refractivity contribution in [2.24, 2.45) is 43.3 Å². The van der Waals surface area contributed by atoms with E-state index in [0.717, 1.165) is 32.7 Å². The Morgan fingerprint density at radius 2 is 1.07 bits per heavy atom. The monoisotopic (exact) mass is 406 g/mol. The van der Waals surface area contributed by atoms with Gasteiger partial charge in [-0.2, -0.15) is 10.2 Å². The van der Waals surface area contributed by atoms with Crippen LogP contribution in [0.5, 0.6) is 11.5 Å². The molecule has 0 aliphatic heterocycles. The van der Waals surface area contributed by atoms with Crippen molar-refractivity contribution in [2.75, 3.05) is 14.2 Å². The molecule has 0 aliphatic rings. The van der Waals surface area contributed by atoms with Gasteiger partial charge in [0.25, 0.3) is 0 Å². The van der Waals surface area contributed by atoms with Gasteiger partial charge in [0.15, 0.2) is 0 Å². The summed E-state index contributed by atoms with van der Waals surface area (Å²) in [6.07, 6.45) is 3.18. The van der Waals surface area contributed by atoms with Crippen LogP contribution in [0.2, 0.25) is 0 Å². The minimum Gasteiger partial charge on any atom is -0.497 e. The van der Waals surface area contributed by atoms with Gasteiger partial charge in [0.1, 0.15) is 11.5 Å². The summed E-state index contributed by atoms with van der Waals surface area (Å²) in [5.74, 6) is 1.08. The lowest BCUT2D eigenvalue weighted by atomic mass is 9.92. The van der Waals surface area contributed by atoms with Crippen molar-refractivity contribution in [2.45, 2.75) is 0 Å². The topological polar surface area (TPSA) is 172 Å². The van der Waals surface area contributed by atoms with Gasteiger partial charge in [0, 0.05) is 11.1 Å². The zero-order valence-electron chi connectivity index (χ0n) is 16.5. The number of nitrogens with two attached hydrogens (primary N) is 4. The molecule has 0 bridgehead atoms. The normalized spacial score (nSPS) is 11.3. The lowest BCUT2D eigenvalue weighted by Crippen LogP contribution is -2.21. The second kappa shape index (κ2) is 8.78. The first kappa shape index (κ1) is 20.4. The van der Waals surface area contributed by atoms with Crippen LogP contribution in [-0.4, -0.2) is 38.6 Å². The second-order valence-electron chi connectivity index (χ2n) is 6.19. The Morgan fingerprint density at radius 1 is 0.667 bits per heavy atom. The van der Waals surface area contributed by atoms with Gasteiger partial charge in [0.2, 0.25) is 11.9 Å². The number of benzene rings is 3. The molecular formula is C20H22N8O2. The molecule has 0 saturated heterocycles. The fourth-order valence-corrected chi connectivity index (χ4v) is 3.09. The Bertz CT molecular complexity index is 1110. The van der Waals surface area contributed by atoms with E-state index in [2.05, 4.69) is 20.4 Å². The van der Waals surface area contributed by atoms with Gasteiger partial charge in [0.05, 0.1) is 26.6 Å². The SMILES string of the molecule is COc1ccc2c(C=NN=C(N)N)c3cc(OC)ccc3c(C=NN=C(N)N)c2c1. The summed E-state index contributed by atoms with van der Waals surface area (Å²) in [6, 6.07) is 11.3. The van der Waals surface area contributed by atoms with Crippen molar-refractivity contribution in [1.29, 1.82) is 0 Å². The first-order chi connectivity index (χ1) is 14.4. The first-order valence-corrected chi connectivity index (χ1v) is 8.80. The number of fused-ring (bicyclic) bond motifs is 2. The van der Waals surface area contributed by atoms with Crippen molar-refractivity contribution >= 4 is 45.9 Å². The maximum Gasteiger partial charge on any atom is 0.211 e. The van der Waals surface area contributed by atoms with Gasteiger partial charge in [-0.25, -0.2) is 0 Å². The summed E-state index contributed by atoms with van der Waals surface area (Å²) >= 11 is 0. The molecule has 3 aromatic rings. The van der Waals surface area contributed by atoms with Gasteiger partial charge in [-0.05, 0) is 57.9 Å². The van der Waals surface area contributed by atoms with Crippen LogP contribution in [0.25, 0.3) is 21.5 Å². The predicted octanol–water partition coefficient (Wildman–Crippen LogP) is 1.22. The Morgan fingerprint density at radius 3 is 1.40 bits per heavy atom. The number of nitrogens with zero attached hydrogens (tertiary/aromatic N) is 4. The van der Waals surface area contributed by atoms with Crippen LogP contribution in [0.1, 0.15) is 11.1 Å². The standard InChI is InChI=1S/C20H22N8O2/c1-29-11-3-5-13-15(7-11)17(9-25-27-19(21)22)14-6-4-12(30-2)8-16(14)18(13)10-26-28-20(23)24/h3-10H,1-2H3,(H4,21,22,27)(H4,23,24,28). The van der Waals surface area contributed by atoms with E-state index in [0.29, 0.717) is 11.5 Å². The van der Waals surface area contributed by atoms with Gasteiger partial charge in [-0.1, -0.05) is 0 Å². The molecule has 0 aliphatic carbocycles. The lowest BCUT2D eigenvalue weighted by Gasteiger charge is -2.14. The van der Waals surface area contributed by atoms with E-state index in [1.165, 1.54) is 0 Å². The molecule has 10 nitrogen and oxygen atoms in total. The molecule has 0 radical (unpaired) electrons. The van der Waals surface area contributed by atoms with Crippen LogP contribution in [0.3, 0.4) is 0 Å². The molecule has 0 heterocycles. The molecule has 154 valence electrons. The Balaban J connectivity index is 2.45.